The molecule has 19 heavy (non-hydrogen) atoms. The van der Waals surface area contributed by atoms with E-state index in [0.29, 0.717) is 0 Å². The standard InChI is InChI=1S/C15H16BrFN2/c1-9-7-12(9)8-19-15(14(16)10(2)18-19)11-3-5-13(17)6-4-11/h3-6,9,12H,7-8H2,1-2H3. The molecular formula is C15H16BrFN2. The Morgan fingerprint density at radius 2 is 2.00 bits per heavy atom. The minimum atomic E-state index is -0.210. The lowest BCUT2D eigenvalue weighted by atomic mass is 10.1. The zero-order chi connectivity index (χ0) is 13.6. The highest BCUT2D eigenvalue weighted by Crippen LogP contribution is 2.41. The molecule has 2 unspecified atom stereocenters. The second-order valence-corrected chi connectivity index (χ2v) is 6.20. The van der Waals surface area contributed by atoms with Crippen molar-refractivity contribution in [2.24, 2.45) is 11.8 Å². The molecule has 1 aromatic carbocycles. The van der Waals surface area contributed by atoms with Crippen molar-refractivity contribution in [3.63, 3.8) is 0 Å². The second kappa shape index (κ2) is 4.75. The van der Waals surface area contributed by atoms with Gasteiger partial charge in [0.25, 0.3) is 0 Å². The van der Waals surface area contributed by atoms with Crippen LogP contribution >= 0.6 is 15.9 Å². The zero-order valence-corrected chi connectivity index (χ0v) is 12.6. The first-order chi connectivity index (χ1) is 9.06. The first kappa shape index (κ1) is 12.9. The van der Waals surface area contributed by atoms with Crippen LogP contribution in [-0.4, -0.2) is 9.78 Å². The number of rotatable bonds is 3. The SMILES string of the molecule is Cc1nn(CC2CC2C)c(-c2ccc(F)cc2)c1Br. The second-order valence-electron chi connectivity index (χ2n) is 5.41. The van der Waals surface area contributed by atoms with E-state index in [1.54, 1.807) is 0 Å². The van der Waals surface area contributed by atoms with E-state index in [0.717, 1.165) is 39.8 Å². The Balaban J connectivity index is 2.00. The Morgan fingerprint density at radius 3 is 2.58 bits per heavy atom. The molecule has 2 atom stereocenters. The average Bonchev–Trinajstić information content (AvgIpc) is 2.99. The minimum Gasteiger partial charge on any atom is -0.263 e. The van der Waals surface area contributed by atoms with Gasteiger partial charge < -0.3 is 0 Å². The van der Waals surface area contributed by atoms with Gasteiger partial charge in [0.15, 0.2) is 0 Å². The van der Waals surface area contributed by atoms with Crippen molar-refractivity contribution >= 4 is 15.9 Å². The molecule has 0 bridgehead atoms. The van der Waals surface area contributed by atoms with E-state index in [2.05, 4.69) is 32.6 Å². The molecule has 1 saturated carbocycles. The van der Waals surface area contributed by atoms with Gasteiger partial charge in [-0.25, -0.2) is 4.39 Å². The van der Waals surface area contributed by atoms with Crippen LogP contribution in [0.5, 0.6) is 0 Å². The normalized spacial score (nSPS) is 21.7. The highest BCUT2D eigenvalue weighted by molar-refractivity contribution is 9.10. The summed E-state index contributed by atoms with van der Waals surface area (Å²) in [5.74, 6) is 1.31. The van der Waals surface area contributed by atoms with Crippen LogP contribution in [0.25, 0.3) is 11.3 Å². The van der Waals surface area contributed by atoms with Gasteiger partial charge in [0.1, 0.15) is 5.82 Å². The smallest absolute Gasteiger partial charge is 0.123 e. The number of halogens is 2. The van der Waals surface area contributed by atoms with E-state index < -0.39 is 0 Å². The Hall–Kier alpha value is -1.16. The third-order valence-corrected chi connectivity index (χ3v) is 4.81. The first-order valence-electron chi connectivity index (χ1n) is 6.55. The maximum atomic E-state index is 13.0. The van der Waals surface area contributed by atoms with Gasteiger partial charge in [-0.3, -0.25) is 4.68 Å². The summed E-state index contributed by atoms with van der Waals surface area (Å²) in [6, 6.07) is 6.61. The quantitative estimate of drug-likeness (QED) is 0.818. The highest BCUT2D eigenvalue weighted by Gasteiger charge is 2.33. The van der Waals surface area contributed by atoms with Crippen LogP contribution in [0.4, 0.5) is 4.39 Å². The van der Waals surface area contributed by atoms with Crippen LogP contribution in [0.1, 0.15) is 19.0 Å². The van der Waals surface area contributed by atoms with Crippen molar-refractivity contribution in [1.29, 1.82) is 0 Å². The molecule has 2 aromatic rings. The van der Waals surface area contributed by atoms with E-state index in [4.69, 9.17) is 0 Å². The maximum Gasteiger partial charge on any atom is 0.123 e. The van der Waals surface area contributed by atoms with E-state index in [1.807, 2.05) is 19.1 Å². The Kier molecular flexibility index (Phi) is 3.21. The summed E-state index contributed by atoms with van der Waals surface area (Å²) in [6.07, 6.45) is 1.28. The fraction of sp³-hybridized carbons (Fsp3) is 0.400. The predicted molar refractivity (Wildman–Crippen MR) is 77.3 cm³/mol. The number of nitrogens with zero attached hydrogens (tertiary/aromatic N) is 2. The average molecular weight is 323 g/mol. The van der Waals surface area contributed by atoms with Crippen molar-refractivity contribution in [2.45, 2.75) is 26.8 Å². The van der Waals surface area contributed by atoms with E-state index in [1.165, 1.54) is 18.6 Å². The summed E-state index contributed by atoms with van der Waals surface area (Å²) in [5.41, 5.74) is 3.03. The van der Waals surface area contributed by atoms with Gasteiger partial charge in [0.05, 0.1) is 15.9 Å². The Morgan fingerprint density at radius 1 is 1.37 bits per heavy atom. The largest absolute Gasteiger partial charge is 0.263 e. The van der Waals surface area contributed by atoms with Crippen molar-refractivity contribution < 1.29 is 4.39 Å². The molecule has 0 saturated heterocycles. The molecule has 1 fully saturated rings. The molecule has 100 valence electrons. The fourth-order valence-electron chi connectivity index (χ4n) is 2.45. The molecule has 1 heterocycles. The van der Waals surface area contributed by atoms with Gasteiger partial charge in [-0.15, -0.1) is 0 Å². The molecule has 4 heteroatoms. The number of aryl methyl sites for hydroxylation is 1. The summed E-state index contributed by atoms with van der Waals surface area (Å²) in [5, 5.41) is 4.60. The maximum absolute atomic E-state index is 13.0. The van der Waals surface area contributed by atoms with Crippen molar-refractivity contribution in [2.75, 3.05) is 0 Å². The van der Waals surface area contributed by atoms with Crippen molar-refractivity contribution in [3.8, 4) is 11.3 Å². The van der Waals surface area contributed by atoms with E-state index >= 15 is 0 Å². The molecule has 3 rings (SSSR count). The lowest BCUT2D eigenvalue weighted by Crippen LogP contribution is -2.05. The first-order valence-corrected chi connectivity index (χ1v) is 7.34. The van der Waals surface area contributed by atoms with Gasteiger partial charge in [0.2, 0.25) is 0 Å². The number of aromatic nitrogens is 2. The van der Waals surface area contributed by atoms with Gasteiger partial charge in [-0.05, 0) is 65.4 Å². The third-order valence-electron chi connectivity index (χ3n) is 3.86. The lowest BCUT2D eigenvalue weighted by molar-refractivity contribution is 0.542. The van der Waals surface area contributed by atoms with Crippen LogP contribution in [0.15, 0.2) is 28.7 Å². The third kappa shape index (κ3) is 2.46. The van der Waals surface area contributed by atoms with Gasteiger partial charge in [-0.1, -0.05) is 6.92 Å². The van der Waals surface area contributed by atoms with E-state index in [9.17, 15) is 4.39 Å². The fourth-order valence-corrected chi connectivity index (χ4v) is 2.96. The number of hydrogen-bond donors (Lipinski definition) is 0. The Labute approximate surface area is 120 Å². The lowest BCUT2D eigenvalue weighted by Gasteiger charge is -2.08. The summed E-state index contributed by atoms with van der Waals surface area (Å²) in [7, 11) is 0. The molecule has 0 N–H and O–H groups in total. The van der Waals surface area contributed by atoms with Gasteiger partial charge in [0, 0.05) is 12.1 Å². The molecule has 1 aromatic heterocycles. The predicted octanol–water partition coefficient (Wildman–Crippen LogP) is 4.42. The van der Waals surface area contributed by atoms with Crippen LogP contribution in [0, 0.1) is 24.6 Å². The molecule has 1 aliphatic carbocycles. The monoisotopic (exact) mass is 322 g/mol. The molecule has 2 nitrogen and oxygen atoms in total. The zero-order valence-electron chi connectivity index (χ0n) is 11.0. The van der Waals surface area contributed by atoms with Crippen molar-refractivity contribution in [3.05, 3.63) is 40.2 Å². The summed E-state index contributed by atoms with van der Waals surface area (Å²) >= 11 is 3.60. The molecule has 0 amide bonds. The topological polar surface area (TPSA) is 17.8 Å². The van der Waals surface area contributed by atoms with Crippen LogP contribution in [0.2, 0.25) is 0 Å². The van der Waals surface area contributed by atoms with Crippen molar-refractivity contribution in [1.82, 2.24) is 9.78 Å². The van der Waals surface area contributed by atoms with Crippen LogP contribution in [-0.2, 0) is 6.54 Å². The molecular weight excluding hydrogens is 307 g/mol. The van der Waals surface area contributed by atoms with Gasteiger partial charge in [-0.2, -0.15) is 5.10 Å². The van der Waals surface area contributed by atoms with Crippen LogP contribution in [0.3, 0.4) is 0 Å². The Bertz CT molecular complexity index is 603. The molecule has 0 aliphatic heterocycles. The highest BCUT2D eigenvalue weighted by atomic mass is 79.9. The summed E-state index contributed by atoms with van der Waals surface area (Å²) in [4.78, 5) is 0. The number of hydrogen-bond acceptors (Lipinski definition) is 1. The molecule has 0 spiro atoms. The van der Waals surface area contributed by atoms with Crippen LogP contribution < -0.4 is 0 Å². The molecule has 1 aliphatic rings. The van der Waals surface area contributed by atoms with E-state index in [-0.39, 0.29) is 5.82 Å². The number of benzene rings is 1. The minimum absolute atomic E-state index is 0.210. The molecule has 0 radical (unpaired) electrons. The summed E-state index contributed by atoms with van der Waals surface area (Å²) in [6.45, 7) is 5.21. The van der Waals surface area contributed by atoms with Gasteiger partial charge >= 0.3 is 0 Å². The summed E-state index contributed by atoms with van der Waals surface area (Å²) < 4.78 is 16.1.